The van der Waals surface area contributed by atoms with Gasteiger partial charge in [-0.25, -0.2) is 4.39 Å². The molecule has 0 aliphatic carbocycles. The zero-order valence-electron chi connectivity index (χ0n) is 9.10. The molecule has 0 bridgehead atoms. The van der Waals surface area contributed by atoms with E-state index in [-0.39, 0.29) is 23.7 Å². The molecular formula is C11H16FNO2S. The number of rotatable bonds is 6. The maximum Gasteiger partial charge on any atom is 0.123 e. The Morgan fingerprint density at radius 3 is 2.56 bits per heavy atom. The van der Waals surface area contributed by atoms with E-state index in [4.69, 9.17) is 10.5 Å². The van der Waals surface area contributed by atoms with Crippen LogP contribution in [0.4, 0.5) is 4.39 Å². The normalized spacial score (nSPS) is 14.8. The Morgan fingerprint density at radius 1 is 1.44 bits per heavy atom. The summed E-state index contributed by atoms with van der Waals surface area (Å²) in [5, 5.41) is 9.06. The molecule has 0 fully saturated rings. The van der Waals surface area contributed by atoms with E-state index >= 15 is 0 Å². The Balaban J connectivity index is 2.59. The maximum absolute atomic E-state index is 12.7. The van der Waals surface area contributed by atoms with Gasteiger partial charge in [0.1, 0.15) is 5.82 Å². The number of thioether (sulfide) groups is 1. The van der Waals surface area contributed by atoms with Crippen LogP contribution in [0.1, 0.15) is 0 Å². The predicted molar refractivity (Wildman–Crippen MR) is 63.0 cm³/mol. The molecule has 0 saturated carbocycles. The van der Waals surface area contributed by atoms with Crippen LogP contribution in [-0.4, -0.2) is 36.7 Å². The minimum absolute atomic E-state index is 0.0351. The van der Waals surface area contributed by atoms with Crippen molar-refractivity contribution < 1.29 is 14.2 Å². The number of methoxy groups -OCH3 is 1. The van der Waals surface area contributed by atoms with E-state index in [0.717, 1.165) is 4.90 Å². The summed E-state index contributed by atoms with van der Waals surface area (Å²) in [5.41, 5.74) is 5.84. The third-order valence-corrected chi connectivity index (χ3v) is 3.46. The summed E-state index contributed by atoms with van der Waals surface area (Å²) in [6.45, 7) is 0.353. The van der Waals surface area contributed by atoms with Crippen molar-refractivity contribution in [3.8, 4) is 0 Å². The number of hydrogen-bond acceptors (Lipinski definition) is 4. The molecule has 0 aromatic heterocycles. The monoisotopic (exact) mass is 245 g/mol. The molecule has 2 atom stereocenters. The maximum atomic E-state index is 12.7. The molecule has 1 aromatic rings. The zero-order valence-corrected chi connectivity index (χ0v) is 9.91. The van der Waals surface area contributed by atoms with Gasteiger partial charge in [-0.1, -0.05) is 0 Å². The lowest BCUT2D eigenvalue weighted by Crippen LogP contribution is -2.38. The third kappa shape index (κ3) is 4.09. The van der Waals surface area contributed by atoms with E-state index in [2.05, 4.69) is 0 Å². The molecule has 3 nitrogen and oxygen atoms in total. The fourth-order valence-corrected chi connectivity index (χ4v) is 2.22. The van der Waals surface area contributed by atoms with Gasteiger partial charge in [0.05, 0.1) is 13.2 Å². The molecule has 2 unspecified atom stereocenters. The number of nitrogens with two attached hydrogens (primary N) is 1. The summed E-state index contributed by atoms with van der Waals surface area (Å²) in [6, 6.07) is 5.87. The predicted octanol–water partition coefficient (Wildman–Crippen LogP) is 1.25. The SMILES string of the molecule is COCC(N)C(CO)Sc1ccc(F)cc1. The van der Waals surface area contributed by atoms with E-state index in [1.165, 1.54) is 23.9 Å². The second-order valence-electron chi connectivity index (χ2n) is 3.41. The van der Waals surface area contributed by atoms with Crippen LogP contribution in [-0.2, 0) is 4.74 Å². The highest BCUT2D eigenvalue weighted by atomic mass is 32.2. The van der Waals surface area contributed by atoms with Crippen molar-refractivity contribution in [2.45, 2.75) is 16.2 Å². The number of benzene rings is 1. The average Bonchev–Trinajstić information content (AvgIpc) is 2.28. The second kappa shape index (κ2) is 6.85. The number of ether oxygens (including phenoxy) is 1. The van der Waals surface area contributed by atoms with Crippen molar-refractivity contribution in [2.24, 2.45) is 5.73 Å². The van der Waals surface area contributed by atoms with Gasteiger partial charge < -0.3 is 15.6 Å². The Morgan fingerprint density at radius 2 is 2.06 bits per heavy atom. The molecule has 0 amide bonds. The smallest absolute Gasteiger partial charge is 0.123 e. The Labute approximate surface area is 98.8 Å². The van der Waals surface area contributed by atoms with Crippen molar-refractivity contribution in [1.29, 1.82) is 0 Å². The van der Waals surface area contributed by atoms with E-state index in [1.807, 2.05) is 0 Å². The second-order valence-corrected chi connectivity index (χ2v) is 4.72. The lowest BCUT2D eigenvalue weighted by molar-refractivity contribution is 0.167. The van der Waals surface area contributed by atoms with Gasteiger partial charge >= 0.3 is 0 Å². The Hall–Kier alpha value is -0.620. The van der Waals surface area contributed by atoms with Crippen LogP contribution in [0.2, 0.25) is 0 Å². The summed E-state index contributed by atoms with van der Waals surface area (Å²) in [5.74, 6) is -0.272. The molecular weight excluding hydrogens is 229 g/mol. The van der Waals surface area contributed by atoms with Gasteiger partial charge in [-0.15, -0.1) is 11.8 Å². The van der Waals surface area contributed by atoms with Crippen LogP contribution >= 0.6 is 11.8 Å². The molecule has 0 saturated heterocycles. The number of halogens is 1. The highest BCUT2D eigenvalue weighted by Gasteiger charge is 2.18. The summed E-state index contributed by atoms with van der Waals surface area (Å²) >= 11 is 1.42. The van der Waals surface area contributed by atoms with Crippen LogP contribution in [0.15, 0.2) is 29.2 Å². The largest absolute Gasteiger partial charge is 0.395 e. The molecule has 0 radical (unpaired) electrons. The van der Waals surface area contributed by atoms with Crippen LogP contribution in [0.5, 0.6) is 0 Å². The van der Waals surface area contributed by atoms with Gasteiger partial charge in [0.25, 0.3) is 0 Å². The molecule has 0 aliphatic rings. The van der Waals surface area contributed by atoms with Crippen molar-refractivity contribution in [2.75, 3.05) is 20.3 Å². The first-order valence-electron chi connectivity index (χ1n) is 4.95. The van der Waals surface area contributed by atoms with Crippen LogP contribution in [0, 0.1) is 5.82 Å². The lowest BCUT2D eigenvalue weighted by atomic mass is 10.2. The van der Waals surface area contributed by atoms with Crippen LogP contribution in [0.25, 0.3) is 0 Å². The van der Waals surface area contributed by atoms with E-state index in [9.17, 15) is 9.50 Å². The van der Waals surface area contributed by atoms with Crippen LogP contribution in [0.3, 0.4) is 0 Å². The summed E-state index contributed by atoms with van der Waals surface area (Å²) < 4.78 is 17.6. The Bertz CT molecular complexity index is 307. The van der Waals surface area contributed by atoms with Gasteiger partial charge in [0, 0.05) is 23.3 Å². The molecule has 0 heterocycles. The molecule has 90 valence electrons. The number of hydrogen-bond donors (Lipinski definition) is 2. The quantitative estimate of drug-likeness (QED) is 0.741. The first-order valence-corrected chi connectivity index (χ1v) is 5.83. The molecule has 3 N–H and O–H groups in total. The number of aliphatic hydroxyl groups excluding tert-OH is 1. The topological polar surface area (TPSA) is 55.5 Å². The van der Waals surface area contributed by atoms with Gasteiger partial charge in [0.15, 0.2) is 0 Å². The minimum atomic E-state index is -0.272. The van der Waals surface area contributed by atoms with Crippen LogP contribution < -0.4 is 5.73 Å². The first-order chi connectivity index (χ1) is 7.67. The first kappa shape index (κ1) is 13.4. The molecule has 16 heavy (non-hydrogen) atoms. The van der Waals surface area contributed by atoms with Crippen molar-refractivity contribution in [3.63, 3.8) is 0 Å². The fraction of sp³-hybridized carbons (Fsp3) is 0.455. The van der Waals surface area contributed by atoms with Crippen molar-refractivity contribution >= 4 is 11.8 Å². The summed E-state index contributed by atoms with van der Waals surface area (Å²) in [7, 11) is 1.57. The molecule has 1 rings (SSSR count). The Kier molecular flexibility index (Phi) is 5.76. The van der Waals surface area contributed by atoms with Gasteiger partial charge in [0.2, 0.25) is 0 Å². The standard InChI is InChI=1S/C11H16FNO2S/c1-15-7-10(13)11(6-14)16-9-4-2-8(12)3-5-9/h2-5,10-11,14H,6-7,13H2,1H3. The van der Waals surface area contributed by atoms with Gasteiger partial charge in [-0.3, -0.25) is 0 Å². The highest BCUT2D eigenvalue weighted by Crippen LogP contribution is 2.24. The fourth-order valence-electron chi connectivity index (χ4n) is 1.25. The van der Waals surface area contributed by atoms with Crippen molar-refractivity contribution in [1.82, 2.24) is 0 Å². The van der Waals surface area contributed by atoms with Crippen molar-refractivity contribution in [3.05, 3.63) is 30.1 Å². The lowest BCUT2D eigenvalue weighted by Gasteiger charge is -2.20. The summed E-state index contributed by atoms with van der Waals surface area (Å²) in [6.07, 6.45) is 0. The highest BCUT2D eigenvalue weighted by molar-refractivity contribution is 8.00. The average molecular weight is 245 g/mol. The molecule has 0 aliphatic heterocycles. The third-order valence-electron chi connectivity index (χ3n) is 2.12. The molecule has 5 heteroatoms. The minimum Gasteiger partial charge on any atom is -0.395 e. The van der Waals surface area contributed by atoms with E-state index in [1.54, 1.807) is 19.2 Å². The molecule has 1 aromatic carbocycles. The summed E-state index contributed by atoms with van der Waals surface area (Å²) in [4.78, 5) is 0.881. The van der Waals surface area contributed by atoms with E-state index in [0.29, 0.717) is 6.61 Å². The molecule has 0 spiro atoms. The van der Waals surface area contributed by atoms with Gasteiger partial charge in [-0.2, -0.15) is 0 Å². The number of aliphatic hydroxyl groups is 1. The zero-order chi connectivity index (χ0) is 12.0. The van der Waals surface area contributed by atoms with E-state index < -0.39 is 0 Å². The van der Waals surface area contributed by atoms with Gasteiger partial charge in [-0.05, 0) is 24.3 Å².